The first-order valence-corrected chi connectivity index (χ1v) is 25.4. The number of thiophene rings is 1. The summed E-state index contributed by atoms with van der Waals surface area (Å²) in [6.45, 7) is 8.13. The molecule has 8 heterocycles. The zero-order chi connectivity index (χ0) is 48.8. The van der Waals surface area contributed by atoms with Gasteiger partial charge < -0.3 is 39.4 Å². The van der Waals surface area contributed by atoms with E-state index in [1.807, 2.05) is 42.0 Å². The van der Waals surface area contributed by atoms with E-state index >= 15 is 4.39 Å². The first kappa shape index (κ1) is 47.4. The number of hydrogen-bond acceptors (Lipinski definition) is 11. The SMILES string of the molecule is CCc1ccc(C2Oc3cc(C4=CN=C([C@@H]5CCCN5C(=O)[C@@H](NC(=O)OC)C(C)C)C4)cc(F)c3-c3cc4cc(C5=CN=C([C@@H]6CCCN6C(=O)[C@@H](NC(=O)OC)C6CCOCC6)C5)ccc4n32)s1. The molecule has 3 saturated heterocycles. The number of nitrogens with one attached hydrogen (secondary N) is 2. The summed E-state index contributed by atoms with van der Waals surface area (Å²) in [6, 6.07) is 14.2. The summed E-state index contributed by atoms with van der Waals surface area (Å²) in [4.78, 5) is 68.3. The minimum atomic E-state index is -0.740. The Morgan fingerprint density at radius 1 is 0.814 bits per heavy atom. The van der Waals surface area contributed by atoms with Crippen LogP contribution >= 0.6 is 11.3 Å². The molecule has 5 atom stereocenters. The van der Waals surface area contributed by atoms with E-state index in [-0.39, 0.29) is 35.7 Å². The molecule has 4 aromatic rings. The van der Waals surface area contributed by atoms with E-state index in [9.17, 15) is 19.2 Å². The lowest BCUT2D eigenvalue weighted by Gasteiger charge is -2.34. The number of aliphatic imine (C=N–C) groups is 2. The van der Waals surface area contributed by atoms with Crippen molar-refractivity contribution in [2.45, 2.75) is 109 Å². The molecule has 0 bridgehead atoms. The van der Waals surface area contributed by atoms with E-state index in [4.69, 9.17) is 28.9 Å². The number of aryl methyl sites for hydroxylation is 1. The maximum absolute atomic E-state index is 16.9. The molecule has 6 aliphatic rings. The van der Waals surface area contributed by atoms with Crippen LogP contribution in [0.1, 0.15) is 99.2 Å². The summed E-state index contributed by atoms with van der Waals surface area (Å²) in [5, 5.41) is 6.48. The standard InChI is InChI=1S/C53H60FN7O8S/c1-6-36-12-14-45(70-36)51-61-40-13-11-31(34-23-38(55-27-34)42-10-8-18-60(42)50(63)48(58-53(65)67-5)30-15-19-68-20-16-30)21-33(40)25-43(61)46-37(54)22-32(26-44(46)69-51)35-24-39(56-28-35)41-9-7-17-59(41)49(62)47(29(2)3)57-52(64)66-4/h11-14,21-22,25-30,41-42,47-48,51H,6-10,15-20,23-24H2,1-5H3,(H,57,64)(H,58,65)/t41-,42-,47-,48-,51?/m0/s1. The number of nitrogens with zero attached hydrogens (tertiary/aromatic N) is 5. The molecule has 3 fully saturated rings. The first-order chi connectivity index (χ1) is 33.9. The Hall–Kier alpha value is -6.33. The van der Waals surface area contributed by atoms with Crippen molar-refractivity contribution in [1.82, 2.24) is 25.0 Å². The Kier molecular flexibility index (Phi) is 13.4. The molecule has 6 aliphatic heterocycles. The average molecular weight is 974 g/mol. The van der Waals surface area contributed by atoms with Gasteiger partial charge >= 0.3 is 12.2 Å². The molecule has 2 N–H and O–H groups in total. The van der Waals surface area contributed by atoms with Crippen molar-refractivity contribution >= 4 is 68.8 Å². The van der Waals surface area contributed by atoms with Gasteiger partial charge in [-0.2, -0.15) is 0 Å². The summed E-state index contributed by atoms with van der Waals surface area (Å²) in [7, 11) is 2.59. The fraction of sp³-hybridized carbons (Fsp3) is 0.472. The lowest BCUT2D eigenvalue weighted by molar-refractivity contribution is -0.135. The van der Waals surface area contributed by atoms with Gasteiger partial charge in [-0.25, -0.2) is 14.0 Å². The van der Waals surface area contributed by atoms with Crippen LogP contribution in [0.3, 0.4) is 0 Å². The topological polar surface area (TPSA) is 165 Å². The van der Waals surface area contributed by atoms with Crippen LogP contribution in [-0.4, -0.2) is 114 Å². The van der Waals surface area contributed by atoms with Crippen LogP contribution in [0.25, 0.3) is 33.3 Å². The lowest BCUT2D eigenvalue weighted by atomic mass is 9.90. The minimum absolute atomic E-state index is 0.0501. The first-order valence-electron chi connectivity index (χ1n) is 24.6. The molecule has 17 heteroatoms. The van der Waals surface area contributed by atoms with Crippen LogP contribution in [0.5, 0.6) is 5.75 Å². The highest BCUT2D eigenvalue weighted by atomic mass is 32.1. The third-order valence-electron chi connectivity index (χ3n) is 14.8. The highest BCUT2D eigenvalue weighted by Crippen LogP contribution is 2.48. The minimum Gasteiger partial charge on any atom is -0.464 e. The van der Waals surface area contributed by atoms with Crippen LogP contribution in [0.2, 0.25) is 0 Å². The van der Waals surface area contributed by atoms with Crippen LogP contribution in [-0.2, 0) is 30.2 Å². The van der Waals surface area contributed by atoms with Crippen LogP contribution in [0.15, 0.2) is 70.9 Å². The van der Waals surface area contributed by atoms with E-state index in [2.05, 4.69) is 52.5 Å². The Bertz CT molecular complexity index is 2860. The number of hydrogen-bond donors (Lipinski definition) is 2. The third-order valence-corrected chi connectivity index (χ3v) is 16.1. The molecule has 368 valence electrons. The zero-order valence-electron chi connectivity index (χ0n) is 40.3. The second-order valence-corrected chi connectivity index (χ2v) is 20.5. The van der Waals surface area contributed by atoms with Crippen molar-refractivity contribution in [2.24, 2.45) is 21.8 Å². The Labute approximate surface area is 410 Å². The normalized spacial score (nSPS) is 21.9. The summed E-state index contributed by atoms with van der Waals surface area (Å²) in [5.41, 5.74) is 7.25. The number of halogens is 1. The largest absolute Gasteiger partial charge is 0.464 e. The molecule has 0 spiro atoms. The predicted octanol–water partition coefficient (Wildman–Crippen LogP) is 8.90. The number of ether oxygens (including phenoxy) is 4. The molecule has 1 unspecified atom stereocenters. The van der Waals surface area contributed by atoms with Gasteiger partial charge in [0.25, 0.3) is 0 Å². The third kappa shape index (κ3) is 8.90. The van der Waals surface area contributed by atoms with E-state index in [0.717, 1.165) is 76.0 Å². The quantitative estimate of drug-likeness (QED) is 0.142. The molecule has 0 radical (unpaired) electrons. The van der Waals surface area contributed by atoms with Gasteiger partial charge in [-0.05, 0) is 122 Å². The van der Waals surface area contributed by atoms with Gasteiger partial charge in [0, 0.05) is 73.2 Å². The maximum Gasteiger partial charge on any atom is 0.407 e. The number of methoxy groups -OCH3 is 2. The number of aromatic nitrogens is 1. The summed E-state index contributed by atoms with van der Waals surface area (Å²) >= 11 is 1.68. The van der Waals surface area contributed by atoms with Gasteiger partial charge in [0.1, 0.15) is 23.7 Å². The van der Waals surface area contributed by atoms with E-state index in [0.29, 0.717) is 74.6 Å². The molecule has 4 amide bonds. The number of rotatable bonds is 12. The van der Waals surface area contributed by atoms with Crippen LogP contribution in [0.4, 0.5) is 14.0 Å². The van der Waals surface area contributed by atoms with Crippen molar-refractivity contribution in [3.8, 4) is 17.0 Å². The van der Waals surface area contributed by atoms with Crippen molar-refractivity contribution in [2.75, 3.05) is 40.5 Å². The fourth-order valence-electron chi connectivity index (χ4n) is 11.1. The number of allylic oxidation sites excluding steroid dienone is 2. The molecular formula is C53H60FN7O8S. The number of amides is 4. The van der Waals surface area contributed by atoms with Gasteiger partial charge in [-0.1, -0.05) is 26.8 Å². The number of alkyl carbamates (subject to hydrolysis) is 2. The lowest BCUT2D eigenvalue weighted by Crippen LogP contribution is -2.55. The van der Waals surface area contributed by atoms with Gasteiger partial charge in [-0.15, -0.1) is 11.3 Å². The van der Waals surface area contributed by atoms with Crippen molar-refractivity contribution in [3.05, 3.63) is 87.6 Å². The molecule has 2 aromatic heterocycles. The Morgan fingerprint density at radius 2 is 1.47 bits per heavy atom. The highest BCUT2D eigenvalue weighted by molar-refractivity contribution is 7.12. The van der Waals surface area contributed by atoms with Crippen LogP contribution in [0, 0.1) is 17.7 Å². The highest BCUT2D eigenvalue weighted by Gasteiger charge is 2.42. The molecule has 0 aliphatic carbocycles. The van der Waals surface area contributed by atoms with E-state index in [1.165, 1.54) is 19.1 Å². The molecule has 10 rings (SSSR count). The van der Waals surface area contributed by atoms with Crippen LogP contribution < -0.4 is 15.4 Å². The Morgan fingerprint density at radius 3 is 2.11 bits per heavy atom. The van der Waals surface area contributed by atoms with Gasteiger partial charge in [-0.3, -0.25) is 24.1 Å². The second kappa shape index (κ2) is 19.8. The molecular weight excluding hydrogens is 914 g/mol. The number of carbonyl (C=O) groups excluding carboxylic acids is 4. The maximum atomic E-state index is 16.9. The molecule has 2 aromatic carbocycles. The van der Waals surface area contributed by atoms with Crippen molar-refractivity contribution in [1.29, 1.82) is 0 Å². The molecule has 70 heavy (non-hydrogen) atoms. The molecule has 0 saturated carbocycles. The van der Waals surface area contributed by atoms with Gasteiger partial charge in [0.2, 0.25) is 18.0 Å². The fourth-order valence-corrected chi connectivity index (χ4v) is 12.1. The monoisotopic (exact) mass is 973 g/mol. The smallest absolute Gasteiger partial charge is 0.407 e. The van der Waals surface area contributed by atoms with Crippen molar-refractivity contribution in [3.63, 3.8) is 0 Å². The average Bonchev–Trinajstić information content (AvgIpc) is 4.24. The number of carbonyl (C=O) groups is 4. The molecule has 15 nitrogen and oxygen atoms in total. The van der Waals surface area contributed by atoms with Crippen molar-refractivity contribution < 1.29 is 42.5 Å². The zero-order valence-corrected chi connectivity index (χ0v) is 41.1. The second-order valence-electron chi connectivity index (χ2n) is 19.3. The van der Waals surface area contributed by atoms with E-state index in [1.54, 1.807) is 23.6 Å². The Balaban J connectivity index is 0.899. The van der Waals surface area contributed by atoms with Gasteiger partial charge in [0.05, 0.1) is 48.0 Å². The number of fused-ring (bicyclic) bond motifs is 5. The summed E-state index contributed by atoms with van der Waals surface area (Å²) in [5.74, 6) is -0.458. The number of benzene rings is 2. The summed E-state index contributed by atoms with van der Waals surface area (Å²) < 4.78 is 41.2. The number of likely N-dealkylation sites (tertiary alicyclic amines) is 2. The predicted molar refractivity (Wildman–Crippen MR) is 266 cm³/mol. The van der Waals surface area contributed by atoms with E-state index < -0.39 is 36.3 Å². The summed E-state index contributed by atoms with van der Waals surface area (Å²) in [6.07, 6.45) is 8.27. The van der Waals surface area contributed by atoms with Gasteiger partial charge in [0.15, 0.2) is 0 Å².